The maximum Gasteiger partial charge on any atom is 0.310 e. The summed E-state index contributed by atoms with van der Waals surface area (Å²) in [6.45, 7) is 2.14. The molecule has 0 aromatic heterocycles. The average Bonchev–Trinajstić information content (AvgIpc) is 2.55. The number of carbonyl (C=O) groups is 2. The van der Waals surface area contributed by atoms with Crippen LogP contribution in [0.3, 0.4) is 0 Å². The minimum atomic E-state index is -0.269. The van der Waals surface area contributed by atoms with E-state index >= 15 is 0 Å². The van der Waals surface area contributed by atoms with Gasteiger partial charge in [-0.25, -0.2) is 0 Å². The molecule has 0 heterocycles. The Morgan fingerprint density at radius 2 is 1.70 bits per heavy atom. The highest BCUT2D eigenvalue weighted by Gasteiger charge is 2.06. The van der Waals surface area contributed by atoms with Gasteiger partial charge in [-0.1, -0.05) is 54.1 Å². The van der Waals surface area contributed by atoms with E-state index in [1.54, 1.807) is 49.4 Å². The quantitative estimate of drug-likeness (QED) is 0.450. The highest BCUT2D eigenvalue weighted by Crippen LogP contribution is 2.12. The van der Waals surface area contributed by atoms with E-state index in [0.29, 0.717) is 17.2 Å². The fourth-order valence-corrected chi connectivity index (χ4v) is 2.13. The lowest BCUT2D eigenvalue weighted by molar-refractivity contribution is -0.142. The molecular formula is C19H17ClO3. The summed E-state index contributed by atoms with van der Waals surface area (Å²) < 4.78 is 4.89. The lowest BCUT2D eigenvalue weighted by atomic mass is 10.1. The number of halogens is 1. The number of benzene rings is 2. The largest absolute Gasteiger partial charge is 0.466 e. The van der Waals surface area contributed by atoms with Crippen molar-refractivity contribution in [2.45, 2.75) is 13.3 Å². The molecule has 23 heavy (non-hydrogen) atoms. The van der Waals surface area contributed by atoms with Gasteiger partial charge in [-0.3, -0.25) is 9.59 Å². The molecule has 0 unspecified atom stereocenters. The Morgan fingerprint density at radius 3 is 2.30 bits per heavy atom. The van der Waals surface area contributed by atoms with Crippen LogP contribution in [-0.2, 0) is 16.0 Å². The standard InChI is InChI=1S/C19H17ClO3/c1-2-23-19(22)13-15-3-8-16(9-4-15)18(21)12-7-14-5-10-17(20)11-6-14/h3-12H,2,13H2,1H3. The second-order valence-corrected chi connectivity index (χ2v) is 5.36. The summed E-state index contributed by atoms with van der Waals surface area (Å²) in [5, 5.41) is 0.658. The van der Waals surface area contributed by atoms with Gasteiger partial charge in [-0.15, -0.1) is 0 Å². The number of esters is 1. The number of ether oxygens (including phenoxy) is 1. The van der Waals surface area contributed by atoms with E-state index in [9.17, 15) is 9.59 Å². The van der Waals surface area contributed by atoms with Crippen LogP contribution in [0.2, 0.25) is 5.02 Å². The van der Waals surface area contributed by atoms with Crippen LogP contribution in [0.1, 0.15) is 28.4 Å². The first-order valence-electron chi connectivity index (χ1n) is 7.31. The number of rotatable bonds is 6. The summed E-state index contributed by atoms with van der Waals surface area (Å²) in [5.74, 6) is -0.364. The third-order valence-electron chi connectivity index (χ3n) is 3.19. The third kappa shape index (κ3) is 5.38. The summed E-state index contributed by atoms with van der Waals surface area (Å²) in [5.41, 5.74) is 2.30. The monoisotopic (exact) mass is 328 g/mol. The van der Waals surface area contributed by atoms with Crippen LogP contribution in [-0.4, -0.2) is 18.4 Å². The first-order valence-corrected chi connectivity index (χ1v) is 7.69. The summed E-state index contributed by atoms with van der Waals surface area (Å²) in [4.78, 5) is 23.5. The predicted molar refractivity (Wildman–Crippen MR) is 91.6 cm³/mol. The van der Waals surface area contributed by atoms with Crippen molar-refractivity contribution in [3.05, 3.63) is 76.3 Å². The fourth-order valence-electron chi connectivity index (χ4n) is 2.01. The molecular weight excluding hydrogens is 312 g/mol. The minimum Gasteiger partial charge on any atom is -0.466 e. The van der Waals surface area contributed by atoms with Gasteiger partial charge in [0.2, 0.25) is 0 Å². The molecule has 4 heteroatoms. The molecule has 0 aliphatic heterocycles. The van der Waals surface area contributed by atoms with Gasteiger partial charge in [0.25, 0.3) is 0 Å². The smallest absolute Gasteiger partial charge is 0.310 e. The maximum atomic E-state index is 12.1. The summed E-state index contributed by atoms with van der Waals surface area (Å²) in [6.07, 6.45) is 3.47. The van der Waals surface area contributed by atoms with Crippen LogP contribution in [0.5, 0.6) is 0 Å². The molecule has 0 aliphatic rings. The molecule has 2 rings (SSSR count). The van der Waals surface area contributed by atoms with Crippen LogP contribution in [0.4, 0.5) is 0 Å². The van der Waals surface area contributed by atoms with E-state index in [1.807, 2.05) is 12.1 Å². The summed E-state index contributed by atoms with van der Waals surface area (Å²) in [7, 11) is 0. The number of carbonyl (C=O) groups excluding carboxylic acids is 2. The van der Waals surface area contributed by atoms with Gasteiger partial charge in [-0.05, 0) is 36.3 Å². The zero-order valence-electron chi connectivity index (χ0n) is 12.8. The third-order valence-corrected chi connectivity index (χ3v) is 3.44. The maximum absolute atomic E-state index is 12.1. The minimum absolute atomic E-state index is 0.0948. The Labute approximate surface area is 140 Å². The van der Waals surface area contributed by atoms with Crippen molar-refractivity contribution in [3.63, 3.8) is 0 Å². The van der Waals surface area contributed by atoms with Crippen molar-refractivity contribution in [2.75, 3.05) is 6.61 Å². The number of hydrogen-bond acceptors (Lipinski definition) is 3. The van der Waals surface area contributed by atoms with Gasteiger partial charge in [-0.2, -0.15) is 0 Å². The molecule has 0 fully saturated rings. The number of allylic oxidation sites excluding steroid dienone is 1. The Bertz CT molecular complexity index is 700. The van der Waals surface area contributed by atoms with Crippen LogP contribution in [0.15, 0.2) is 54.6 Å². The topological polar surface area (TPSA) is 43.4 Å². The molecule has 118 valence electrons. The van der Waals surface area contributed by atoms with E-state index in [-0.39, 0.29) is 18.2 Å². The average molecular weight is 329 g/mol. The van der Waals surface area contributed by atoms with Crippen molar-refractivity contribution >= 4 is 29.4 Å². The van der Waals surface area contributed by atoms with Gasteiger partial charge in [0.15, 0.2) is 5.78 Å². The van der Waals surface area contributed by atoms with Gasteiger partial charge in [0.1, 0.15) is 0 Å². The molecule has 0 saturated carbocycles. The molecule has 0 atom stereocenters. The normalized spacial score (nSPS) is 10.7. The zero-order valence-corrected chi connectivity index (χ0v) is 13.5. The van der Waals surface area contributed by atoms with E-state index in [1.165, 1.54) is 6.08 Å². The SMILES string of the molecule is CCOC(=O)Cc1ccc(C(=O)C=Cc2ccc(Cl)cc2)cc1. The van der Waals surface area contributed by atoms with Crippen LogP contribution in [0, 0.1) is 0 Å². The molecule has 0 amide bonds. The van der Waals surface area contributed by atoms with Crippen LogP contribution >= 0.6 is 11.6 Å². The van der Waals surface area contributed by atoms with E-state index in [2.05, 4.69) is 0 Å². The predicted octanol–water partition coefficient (Wildman–Crippen LogP) is 4.34. The molecule has 0 bridgehead atoms. The van der Waals surface area contributed by atoms with Crippen LogP contribution < -0.4 is 0 Å². The molecule has 0 spiro atoms. The van der Waals surface area contributed by atoms with Gasteiger partial charge in [0, 0.05) is 10.6 Å². The second kappa shape index (κ2) is 8.30. The van der Waals surface area contributed by atoms with Crippen molar-refractivity contribution in [2.24, 2.45) is 0 Å². The molecule has 0 aliphatic carbocycles. The lowest BCUT2D eigenvalue weighted by Gasteiger charge is -2.03. The number of hydrogen-bond donors (Lipinski definition) is 0. The van der Waals surface area contributed by atoms with Crippen molar-refractivity contribution < 1.29 is 14.3 Å². The Hall–Kier alpha value is -2.39. The van der Waals surface area contributed by atoms with Gasteiger partial charge >= 0.3 is 5.97 Å². The Kier molecular flexibility index (Phi) is 6.12. The number of ketones is 1. The summed E-state index contributed by atoms with van der Waals surface area (Å²) in [6, 6.07) is 14.2. The first-order chi connectivity index (χ1) is 11.1. The Balaban J connectivity index is 1.99. The summed E-state index contributed by atoms with van der Waals surface area (Å²) >= 11 is 5.82. The van der Waals surface area contributed by atoms with Gasteiger partial charge < -0.3 is 4.74 Å². The Morgan fingerprint density at radius 1 is 1.04 bits per heavy atom. The highest BCUT2D eigenvalue weighted by molar-refractivity contribution is 6.30. The highest BCUT2D eigenvalue weighted by atomic mass is 35.5. The van der Waals surface area contributed by atoms with Gasteiger partial charge in [0.05, 0.1) is 13.0 Å². The molecule has 0 saturated heterocycles. The lowest BCUT2D eigenvalue weighted by Crippen LogP contribution is -2.07. The molecule has 2 aromatic rings. The van der Waals surface area contributed by atoms with E-state index in [4.69, 9.17) is 16.3 Å². The molecule has 0 radical (unpaired) electrons. The molecule has 2 aromatic carbocycles. The van der Waals surface area contributed by atoms with E-state index in [0.717, 1.165) is 11.1 Å². The molecule has 3 nitrogen and oxygen atoms in total. The van der Waals surface area contributed by atoms with Crippen molar-refractivity contribution in [3.8, 4) is 0 Å². The second-order valence-electron chi connectivity index (χ2n) is 4.93. The molecule has 0 N–H and O–H groups in total. The van der Waals surface area contributed by atoms with E-state index < -0.39 is 0 Å². The fraction of sp³-hybridized carbons (Fsp3) is 0.158. The van der Waals surface area contributed by atoms with Crippen molar-refractivity contribution in [1.82, 2.24) is 0 Å². The zero-order chi connectivity index (χ0) is 16.7. The van der Waals surface area contributed by atoms with Crippen molar-refractivity contribution in [1.29, 1.82) is 0 Å². The van der Waals surface area contributed by atoms with Crippen LogP contribution in [0.25, 0.3) is 6.08 Å². The first kappa shape index (κ1) is 17.0.